The number of benzene rings is 1. The molecule has 1 amide bonds. The number of amides is 1. The third-order valence-corrected chi connectivity index (χ3v) is 5.90. The minimum atomic E-state index is -0.647. The van der Waals surface area contributed by atoms with E-state index in [0.717, 1.165) is 0 Å². The molecular formula is C23H21Cl2FN6O. The molecular weight excluding hydrogens is 466 g/mol. The number of carbonyl (C=O) groups excluding carboxylic acids is 1. The van der Waals surface area contributed by atoms with Gasteiger partial charge in [-0.25, -0.2) is 4.99 Å². The number of halogens is 3. The highest BCUT2D eigenvalue weighted by atomic mass is 35.5. The highest BCUT2D eigenvalue weighted by Crippen LogP contribution is 2.25. The Morgan fingerprint density at radius 2 is 2.18 bits per heavy atom. The van der Waals surface area contributed by atoms with Crippen molar-refractivity contribution in [3.63, 3.8) is 0 Å². The number of likely N-dealkylation sites (tertiary alicyclic amines) is 1. The van der Waals surface area contributed by atoms with E-state index in [2.05, 4.69) is 27.8 Å². The molecule has 2 aromatic rings. The van der Waals surface area contributed by atoms with Crippen LogP contribution in [0.5, 0.6) is 0 Å². The van der Waals surface area contributed by atoms with Crippen molar-refractivity contribution >= 4 is 40.8 Å². The first-order valence-corrected chi connectivity index (χ1v) is 11.0. The summed E-state index contributed by atoms with van der Waals surface area (Å²) in [6.45, 7) is 0.863. The fraction of sp³-hybridized carbons (Fsp3) is 0.304. The van der Waals surface area contributed by atoms with Crippen LogP contribution in [0.25, 0.3) is 0 Å². The van der Waals surface area contributed by atoms with Gasteiger partial charge in [0.25, 0.3) is 0 Å². The summed E-state index contributed by atoms with van der Waals surface area (Å²) < 4.78 is 13.7. The molecule has 1 atom stereocenters. The second-order valence-electron chi connectivity index (χ2n) is 7.29. The average Bonchev–Trinajstić information content (AvgIpc) is 3.22. The monoisotopic (exact) mass is 486 g/mol. The predicted molar refractivity (Wildman–Crippen MR) is 125 cm³/mol. The van der Waals surface area contributed by atoms with E-state index < -0.39 is 11.9 Å². The standard InChI is InChI=1S/C23H21Cl2FN6O/c24-17-8-7-16(12-18(17)25)22(28)20(32-11-3-6-21(32)33)13-30-23(31-14-27)29-10-9-15-4-1-2-5-19(15)26/h1,4,7-8,12,20,28H,3,6,9-11,13H2,(H2,29,30,31). The minimum absolute atomic E-state index is 0.0459. The fourth-order valence-electron chi connectivity index (χ4n) is 3.48. The molecule has 2 aromatic carbocycles. The number of guanidine groups is 1. The van der Waals surface area contributed by atoms with Crippen molar-refractivity contribution < 1.29 is 9.18 Å². The maximum atomic E-state index is 13.7. The van der Waals surface area contributed by atoms with Crippen LogP contribution in [0.1, 0.15) is 24.0 Å². The second kappa shape index (κ2) is 11.5. The Balaban J connectivity index is 1.75. The number of nitrogens with one attached hydrogen (secondary N) is 3. The number of nitrogens with zero attached hydrogens (tertiary/aromatic N) is 3. The van der Waals surface area contributed by atoms with Gasteiger partial charge in [-0.15, -0.1) is 0 Å². The van der Waals surface area contributed by atoms with Gasteiger partial charge in [0.2, 0.25) is 11.9 Å². The van der Waals surface area contributed by atoms with Gasteiger partial charge in [0, 0.05) is 19.5 Å². The highest BCUT2D eigenvalue weighted by Gasteiger charge is 2.31. The summed E-state index contributed by atoms with van der Waals surface area (Å²) in [4.78, 5) is 18.4. The molecule has 170 valence electrons. The van der Waals surface area contributed by atoms with Gasteiger partial charge in [-0.3, -0.25) is 10.1 Å². The summed E-state index contributed by atoms with van der Waals surface area (Å²) in [5, 5.41) is 23.9. The second-order valence-corrected chi connectivity index (χ2v) is 8.11. The smallest absolute Gasteiger partial charge is 0.223 e. The van der Waals surface area contributed by atoms with Crippen molar-refractivity contribution in [2.24, 2.45) is 4.99 Å². The zero-order chi connectivity index (χ0) is 23.8. The van der Waals surface area contributed by atoms with E-state index in [1.165, 1.54) is 0 Å². The molecule has 10 heteroatoms. The van der Waals surface area contributed by atoms with E-state index in [1.807, 2.05) is 6.19 Å². The van der Waals surface area contributed by atoms with E-state index in [4.69, 9.17) is 33.9 Å². The minimum Gasteiger partial charge on any atom is -0.355 e. The van der Waals surface area contributed by atoms with Crippen molar-refractivity contribution in [1.82, 2.24) is 15.5 Å². The summed E-state index contributed by atoms with van der Waals surface area (Å²) in [6, 6.07) is 12.3. The molecule has 0 aromatic heterocycles. The Kier molecular flexibility index (Phi) is 8.48. The van der Waals surface area contributed by atoms with Gasteiger partial charge in [0.15, 0.2) is 12.0 Å². The summed E-state index contributed by atoms with van der Waals surface area (Å²) in [5.41, 5.74) is 1.15. The van der Waals surface area contributed by atoms with Crippen molar-refractivity contribution in [3.05, 3.63) is 69.5 Å². The Labute approximate surface area is 201 Å². The molecule has 1 aliphatic rings. The van der Waals surface area contributed by atoms with Crippen LogP contribution in [0.2, 0.25) is 10.0 Å². The van der Waals surface area contributed by atoms with Gasteiger partial charge < -0.3 is 15.6 Å². The molecule has 0 aliphatic carbocycles. The normalized spacial score (nSPS) is 14.4. The Morgan fingerprint density at radius 3 is 2.85 bits per heavy atom. The van der Waals surface area contributed by atoms with Crippen molar-refractivity contribution in [2.75, 3.05) is 19.6 Å². The zero-order valence-electron chi connectivity index (χ0n) is 17.6. The van der Waals surface area contributed by atoms with Crippen LogP contribution < -0.4 is 10.6 Å². The van der Waals surface area contributed by atoms with Crippen LogP contribution in [0.3, 0.4) is 0 Å². The molecule has 1 saturated heterocycles. The number of hydrogen-bond acceptors (Lipinski definition) is 4. The number of aliphatic imine (C=N–C) groups is 1. The number of nitriles is 1. The van der Waals surface area contributed by atoms with Crippen LogP contribution in [0, 0.1) is 34.8 Å². The molecule has 0 bridgehead atoms. The van der Waals surface area contributed by atoms with Gasteiger partial charge in [0.05, 0.1) is 28.3 Å². The third-order valence-electron chi connectivity index (χ3n) is 5.17. The van der Waals surface area contributed by atoms with Gasteiger partial charge >= 0.3 is 0 Å². The van der Waals surface area contributed by atoms with Crippen molar-refractivity contribution in [1.29, 1.82) is 10.7 Å². The Morgan fingerprint density at radius 1 is 1.36 bits per heavy atom. The van der Waals surface area contributed by atoms with Crippen LogP contribution in [-0.2, 0) is 11.2 Å². The third kappa shape index (κ3) is 6.35. The zero-order valence-corrected chi connectivity index (χ0v) is 19.1. The van der Waals surface area contributed by atoms with E-state index >= 15 is 0 Å². The SMILES string of the molecule is N#CNC(=NCC(C(=N)c1ccc(Cl)c(Cl)c1)N1CCCC1=O)NCCc1ccc#cc1F. The molecule has 3 rings (SSSR count). The van der Waals surface area contributed by atoms with Crippen LogP contribution >= 0.6 is 23.2 Å². The first kappa shape index (κ1) is 24.3. The van der Waals surface area contributed by atoms with Crippen molar-refractivity contribution in [3.8, 4) is 6.19 Å². The quantitative estimate of drug-likeness (QED) is 0.230. The molecule has 0 saturated carbocycles. The number of carbonyl (C=O) groups is 1. The fourth-order valence-corrected chi connectivity index (χ4v) is 3.78. The van der Waals surface area contributed by atoms with Gasteiger partial charge in [-0.2, -0.15) is 9.65 Å². The van der Waals surface area contributed by atoms with Gasteiger partial charge in [-0.05, 0) is 54.3 Å². The van der Waals surface area contributed by atoms with E-state index in [-0.39, 0.29) is 24.1 Å². The summed E-state index contributed by atoms with van der Waals surface area (Å²) in [6.07, 6.45) is 3.26. The van der Waals surface area contributed by atoms with E-state index in [1.54, 1.807) is 35.2 Å². The maximum Gasteiger partial charge on any atom is 0.223 e. The number of rotatable bonds is 8. The lowest BCUT2D eigenvalue weighted by Crippen LogP contribution is -2.45. The Hall–Kier alpha value is -3.33. The summed E-state index contributed by atoms with van der Waals surface area (Å²) >= 11 is 12.1. The lowest BCUT2D eigenvalue weighted by atomic mass is 10.0. The van der Waals surface area contributed by atoms with Crippen LogP contribution in [0.15, 0.2) is 35.3 Å². The molecule has 1 unspecified atom stereocenters. The van der Waals surface area contributed by atoms with Crippen LogP contribution in [0.4, 0.5) is 4.39 Å². The van der Waals surface area contributed by atoms with Gasteiger partial charge in [0.1, 0.15) is 0 Å². The first-order chi connectivity index (χ1) is 15.9. The van der Waals surface area contributed by atoms with E-state index in [9.17, 15) is 9.18 Å². The molecule has 0 spiro atoms. The Bertz CT molecular complexity index is 1100. The molecule has 7 nitrogen and oxygen atoms in total. The summed E-state index contributed by atoms with van der Waals surface area (Å²) in [5.74, 6) is -0.368. The molecule has 1 heterocycles. The topological polar surface area (TPSA) is 104 Å². The largest absolute Gasteiger partial charge is 0.355 e. The molecule has 33 heavy (non-hydrogen) atoms. The predicted octanol–water partition coefficient (Wildman–Crippen LogP) is 3.35. The average molecular weight is 487 g/mol. The first-order valence-electron chi connectivity index (χ1n) is 10.2. The molecule has 1 fully saturated rings. The van der Waals surface area contributed by atoms with Crippen LogP contribution in [-0.4, -0.2) is 48.2 Å². The lowest BCUT2D eigenvalue weighted by Gasteiger charge is -2.27. The van der Waals surface area contributed by atoms with Crippen molar-refractivity contribution in [2.45, 2.75) is 25.3 Å². The molecule has 0 radical (unpaired) electrons. The molecule has 3 N–H and O–H groups in total. The highest BCUT2D eigenvalue weighted by molar-refractivity contribution is 6.42. The van der Waals surface area contributed by atoms with Gasteiger partial charge in [-0.1, -0.05) is 35.3 Å². The lowest BCUT2D eigenvalue weighted by molar-refractivity contribution is -0.128. The molecule has 1 aliphatic heterocycles. The number of hydrogen-bond donors (Lipinski definition) is 3. The maximum absolute atomic E-state index is 13.7. The summed E-state index contributed by atoms with van der Waals surface area (Å²) in [7, 11) is 0. The van der Waals surface area contributed by atoms with E-state index in [0.29, 0.717) is 53.5 Å².